The summed E-state index contributed by atoms with van der Waals surface area (Å²) in [5, 5.41) is 4.23. The standard InChI is InChI=1S/C9H17N3/c1-6(2)7(3)12-8(4)9(10)5-11-12/h5-7H,10H2,1-4H3. The second kappa shape index (κ2) is 3.17. The van der Waals surface area contributed by atoms with E-state index in [1.54, 1.807) is 6.20 Å². The van der Waals surface area contributed by atoms with Crippen molar-refractivity contribution in [3.05, 3.63) is 11.9 Å². The first-order chi connectivity index (χ1) is 5.54. The van der Waals surface area contributed by atoms with E-state index in [0.29, 0.717) is 12.0 Å². The zero-order valence-corrected chi connectivity index (χ0v) is 8.20. The van der Waals surface area contributed by atoms with Gasteiger partial charge in [-0.25, -0.2) is 0 Å². The van der Waals surface area contributed by atoms with Gasteiger partial charge in [0, 0.05) is 0 Å². The predicted octanol–water partition coefficient (Wildman–Crippen LogP) is 1.99. The Morgan fingerprint density at radius 2 is 2.00 bits per heavy atom. The molecule has 0 amide bonds. The van der Waals surface area contributed by atoms with E-state index in [2.05, 4.69) is 25.9 Å². The summed E-state index contributed by atoms with van der Waals surface area (Å²) in [5.41, 5.74) is 7.54. The van der Waals surface area contributed by atoms with Crippen LogP contribution in [0.1, 0.15) is 32.5 Å². The molecule has 0 saturated heterocycles. The summed E-state index contributed by atoms with van der Waals surface area (Å²) >= 11 is 0. The van der Waals surface area contributed by atoms with Gasteiger partial charge in [-0.3, -0.25) is 4.68 Å². The van der Waals surface area contributed by atoms with Crippen molar-refractivity contribution < 1.29 is 0 Å². The molecule has 1 aromatic heterocycles. The van der Waals surface area contributed by atoms with Crippen LogP contribution in [-0.4, -0.2) is 9.78 Å². The summed E-state index contributed by atoms with van der Waals surface area (Å²) in [4.78, 5) is 0. The van der Waals surface area contributed by atoms with Crippen LogP contribution in [0, 0.1) is 12.8 Å². The molecule has 3 nitrogen and oxygen atoms in total. The molecule has 0 aromatic carbocycles. The van der Waals surface area contributed by atoms with Gasteiger partial charge in [0.25, 0.3) is 0 Å². The summed E-state index contributed by atoms with van der Waals surface area (Å²) in [6, 6.07) is 0.419. The highest BCUT2D eigenvalue weighted by molar-refractivity contribution is 5.39. The highest BCUT2D eigenvalue weighted by atomic mass is 15.3. The van der Waals surface area contributed by atoms with Crippen molar-refractivity contribution in [1.82, 2.24) is 9.78 Å². The molecule has 0 aliphatic rings. The first-order valence-corrected chi connectivity index (χ1v) is 4.33. The van der Waals surface area contributed by atoms with Gasteiger partial charge in [-0.15, -0.1) is 0 Å². The third kappa shape index (κ3) is 1.44. The molecule has 0 saturated carbocycles. The maximum Gasteiger partial charge on any atom is 0.0730 e. The maximum absolute atomic E-state index is 5.70. The highest BCUT2D eigenvalue weighted by Gasteiger charge is 2.13. The zero-order chi connectivity index (χ0) is 9.30. The lowest BCUT2D eigenvalue weighted by Gasteiger charge is -2.17. The smallest absolute Gasteiger partial charge is 0.0730 e. The SMILES string of the molecule is Cc1c(N)cnn1C(C)C(C)C. The Balaban J connectivity index is 2.95. The normalized spacial score (nSPS) is 13.8. The van der Waals surface area contributed by atoms with E-state index in [1.165, 1.54) is 0 Å². The minimum Gasteiger partial charge on any atom is -0.396 e. The number of nitrogens with zero attached hydrogens (tertiary/aromatic N) is 2. The molecule has 1 heterocycles. The third-order valence-electron chi connectivity index (χ3n) is 2.43. The van der Waals surface area contributed by atoms with Crippen molar-refractivity contribution in [1.29, 1.82) is 0 Å². The molecule has 2 N–H and O–H groups in total. The van der Waals surface area contributed by atoms with Crippen molar-refractivity contribution in [3.8, 4) is 0 Å². The van der Waals surface area contributed by atoms with E-state index in [0.717, 1.165) is 11.4 Å². The van der Waals surface area contributed by atoms with Crippen LogP contribution in [-0.2, 0) is 0 Å². The monoisotopic (exact) mass is 167 g/mol. The second-order valence-electron chi connectivity index (χ2n) is 3.61. The Morgan fingerprint density at radius 1 is 1.42 bits per heavy atom. The molecule has 1 atom stereocenters. The van der Waals surface area contributed by atoms with Crippen molar-refractivity contribution in [2.75, 3.05) is 5.73 Å². The van der Waals surface area contributed by atoms with Crippen LogP contribution in [0.5, 0.6) is 0 Å². The van der Waals surface area contributed by atoms with Gasteiger partial charge in [0.2, 0.25) is 0 Å². The fraction of sp³-hybridized carbons (Fsp3) is 0.667. The summed E-state index contributed by atoms with van der Waals surface area (Å²) in [6.07, 6.45) is 1.72. The molecule has 1 unspecified atom stereocenters. The summed E-state index contributed by atoms with van der Waals surface area (Å²) in [6.45, 7) is 8.52. The molecule has 0 fully saturated rings. The number of rotatable bonds is 2. The average Bonchev–Trinajstić information content (AvgIpc) is 2.32. The lowest BCUT2D eigenvalue weighted by Crippen LogP contribution is -2.14. The fourth-order valence-electron chi connectivity index (χ4n) is 1.13. The molecule has 0 aliphatic carbocycles. The molecule has 0 radical (unpaired) electrons. The van der Waals surface area contributed by atoms with E-state index in [-0.39, 0.29) is 0 Å². The molecule has 3 heteroatoms. The highest BCUT2D eigenvalue weighted by Crippen LogP contribution is 2.20. The van der Waals surface area contributed by atoms with Crippen LogP contribution < -0.4 is 5.73 Å². The molecule has 0 bridgehead atoms. The number of aromatic nitrogens is 2. The summed E-state index contributed by atoms with van der Waals surface area (Å²) < 4.78 is 1.99. The molecule has 12 heavy (non-hydrogen) atoms. The second-order valence-corrected chi connectivity index (χ2v) is 3.61. The first kappa shape index (κ1) is 9.10. The van der Waals surface area contributed by atoms with Crippen molar-refractivity contribution in [2.24, 2.45) is 5.92 Å². The number of hydrogen-bond donors (Lipinski definition) is 1. The van der Waals surface area contributed by atoms with Gasteiger partial charge >= 0.3 is 0 Å². The van der Waals surface area contributed by atoms with Gasteiger partial charge in [-0.1, -0.05) is 13.8 Å². The zero-order valence-electron chi connectivity index (χ0n) is 8.20. The Morgan fingerprint density at radius 3 is 2.33 bits per heavy atom. The third-order valence-corrected chi connectivity index (χ3v) is 2.43. The quantitative estimate of drug-likeness (QED) is 0.732. The van der Waals surface area contributed by atoms with Crippen LogP contribution in [0.15, 0.2) is 6.20 Å². The van der Waals surface area contributed by atoms with Crippen molar-refractivity contribution in [2.45, 2.75) is 33.7 Å². The van der Waals surface area contributed by atoms with E-state index < -0.39 is 0 Å². The fourth-order valence-corrected chi connectivity index (χ4v) is 1.13. The largest absolute Gasteiger partial charge is 0.396 e. The van der Waals surface area contributed by atoms with E-state index in [1.807, 2.05) is 11.6 Å². The lowest BCUT2D eigenvalue weighted by atomic mass is 10.1. The Hall–Kier alpha value is -0.990. The Labute approximate surface area is 73.6 Å². The number of nitrogen functional groups attached to an aromatic ring is 1. The number of hydrogen-bond acceptors (Lipinski definition) is 2. The van der Waals surface area contributed by atoms with E-state index in [4.69, 9.17) is 5.73 Å². The Bertz CT molecular complexity index is 263. The Kier molecular flexibility index (Phi) is 2.40. The van der Waals surface area contributed by atoms with E-state index >= 15 is 0 Å². The lowest BCUT2D eigenvalue weighted by molar-refractivity contribution is 0.369. The molecule has 0 spiro atoms. The van der Waals surface area contributed by atoms with Gasteiger partial charge in [0.15, 0.2) is 0 Å². The van der Waals surface area contributed by atoms with Crippen LogP contribution >= 0.6 is 0 Å². The molecular formula is C9H17N3. The molecular weight excluding hydrogens is 150 g/mol. The minimum absolute atomic E-state index is 0.419. The van der Waals surface area contributed by atoms with Crippen LogP contribution in [0.4, 0.5) is 5.69 Å². The van der Waals surface area contributed by atoms with Gasteiger partial charge in [0.1, 0.15) is 0 Å². The van der Waals surface area contributed by atoms with Crippen LogP contribution in [0.2, 0.25) is 0 Å². The van der Waals surface area contributed by atoms with Gasteiger partial charge in [-0.05, 0) is 19.8 Å². The van der Waals surface area contributed by atoms with Crippen molar-refractivity contribution in [3.63, 3.8) is 0 Å². The molecule has 1 rings (SSSR count). The average molecular weight is 167 g/mol. The predicted molar refractivity (Wildman–Crippen MR) is 50.9 cm³/mol. The van der Waals surface area contributed by atoms with Crippen LogP contribution in [0.25, 0.3) is 0 Å². The summed E-state index contributed by atoms with van der Waals surface area (Å²) in [5.74, 6) is 0.586. The first-order valence-electron chi connectivity index (χ1n) is 4.33. The molecule has 0 aliphatic heterocycles. The number of anilines is 1. The number of nitrogens with two attached hydrogens (primary N) is 1. The summed E-state index contributed by atoms with van der Waals surface area (Å²) in [7, 11) is 0. The van der Waals surface area contributed by atoms with Gasteiger partial charge < -0.3 is 5.73 Å². The van der Waals surface area contributed by atoms with Crippen LogP contribution in [0.3, 0.4) is 0 Å². The van der Waals surface area contributed by atoms with Gasteiger partial charge in [0.05, 0.1) is 23.6 Å². The van der Waals surface area contributed by atoms with Crippen molar-refractivity contribution >= 4 is 5.69 Å². The van der Waals surface area contributed by atoms with Gasteiger partial charge in [-0.2, -0.15) is 5.10 Å². The minimum atomic E-state index is 0.419. The topological polar surface area (TPSA) is 43.8 Å². The molecule has 1 aromatic rings. The van der Waals surface area contributed by atoms with E-state index in [9.17, 15) is 0 Å². The molecule has 68 valence electrons. The maximum atomic E-state index is 5.70.